The van der Waals surface area contributed by atoms with Gasteiger partial charge in [0.15, 0.2) is 0 Å². The molecule has 0 radical (unpaired) electrons. The molecule has 0 N–H and O–H groups in total. The zero-order chi connectivity index (χ0) is 10.1. The molecular weight excluding hydrogens is 206 g/mol. The van der Waals surface area contributed by atoms with Gasteiger partial charge in [-0.1, -0.05) is 6.07 Å². The summed E-state index contributed by atoms with van der Waals surface area (Å²) in [4.78, 5) is 12.4. The molecule has 3 aromatic rings. The summed E-state index contributed by atoms with van der Waals surface area (Å²) in [6, 6.07) is 3.97. The van der Waals surface area contributed by atoms with Gasteiger partial charge in [-0.3, -0.25) is 4.98 Å². The molecule has 72 valence electrons. The van der Waals surface area contributed by atoms with E-state index in [9.17, 15) is 0 Å². The monoisotopic (exact) mass is 213 g/mol. The number of aromatic nitrogens is 3. The molecule has 0 unspecified atom stereocenters. The van der Waals surface area contributed by atoms with Gasteiger partial charge >= 0.3 is 0 Å². The van der Waals surface area contributed by atoms with Crippen LogP contribution in [0.1, 0.15) is 0 Å². The Labute approximate surface area is 90.5 Å². The number of pyridine rings is 1. The van der Waals surface area contributed by atoms with Crippen molar-refractivity contribution in [2.24, 2.45) is 0 Å². The lowest BCUT2D eigenvalue weighted by atomic mass is 10.1. The van der Waals surface area contributed by atoms with E-state index in [2.05, 4.69) is 20.3 Å². The average molecular weight is 213 g/mol. The Bertz CT molecular complexity index is 589. The third-order valence-electron chi connectivity index (χ3n) is 2.21. The molecule has 0 bridgehead atoms. The average Bonchev–Trinajstić information content (AvgIpc) is 2.74. The van der Waals surface area contributed by atoms with Crippen molar-refractivity contribution >= 4 is 21.6 Å². The smallest absolute Gasteiger partial charge is 0.116 e. The molecule has 0 spiro atoms. The summed E-state index contributed by atoms with van der Waals surface area (Å²) < 4.78 is 1.11. The maximum absolute atomic E-state index is 4.29. The van der Waals surface area contributed by atoms with E-state index >= 15 is 0 Å². The van der Waals surface area contributed by atoms with Gasteiger partial charge in [0.2, 0.25) is 0 Å². The first-order chi connectivity index (χ1) is 7.45. The largest absolute Gasteiger partial charge is 0.264 e. The minimum atomic E-state index is 1.00. The predicted molar refractivity (Wildman–Crippen MR) is 60.6 cm³/mol. The minimum absolute atomic E-state index is 1.00. The Morgan fingerprint density at radius 3 is 3.00 bits per heavy atom. The van der Waals surface area contributed by atoms with Crippen LogP contribution >= 0.6 is 11.3 Å². The van der Waals surface area contributed by atoms with Gasteiger partial charge in [0.1, 0.15) is 6.33 Å². The molecule has 3 rings (SSSR count). The number of fused-ring (bicyclic) bond motifs is 1. The topological polar surface area (TPSA) is 38.7 Å². The van der Waals surface area contributed by atoms with Gasteiger partial charge in [0.05, 0.1) is 10.2 Å². The number of hydrogen-bond acceptors (Lipinski definition) is 4. The molecule has 15 heavy (non-hydrogen) atoms. The van der Waals surface area contributed by atoms with E-state index in [-0.39, 0.29) is 0 Å². The molecule has 3 nitrogen and oxygen atoms in total. The molecule has 0 atom stereocenters. The summed E-state index contributed by atoms with van der Waals surface area (Å²) in [5.74, 6) is 0. The second-order valence-electron chi connectivity index (χ2n) is 3.13. The fourth-order valence-corrected chi connectivity index (χ4v) is 2.40. The van der Waals surface area contributed by atoms with Crippen LogP contribution < -0.4 is 0 Å². The van der Waals surface area contributed by atoms with Crippen molar-refractivity contribution in [3.05, 3.63) is 42.4 Å². The van der Waals surface area contributed by atoms with E-state index in [0.717, 1.165) is 21.3 Å². The van der Waals surface area contributed by atoms with Crippen molar-refractivity contribution in [2.45, 2.75) is 0 Å². The standard InChI is InChI=1S/C11H7N3S/c1-2-8(4-12-3-1)9-6-15-10-5-13-7-14-11(9)10/h1-7H. The van der Waals surface area contributed by atoms with Gasteiger partial charge in [0.25, 0.3) is 0 Å². The van der Waals surface area contributed by atoms with Crippen molar-refractivity contribution in [3.8, 4) is 11.1 Å². The quantitative estimate of drug-likeness (QED) is 0.624. The lowest BCUT2D eigenvalue weighted by Gasteiger charge is -1.96. The number of hydrogen-bond donors (Lipinski definition) is 0. The third-order valence-corrected chi connectivity index (χ3v) is 3.12. The first-order valence-corrected chi connectivity index (χ1v) is 5.41. The highest BCUT2D eigenvalue weighted by Crippen LogP contribution is 2.30. The van der Waals surface area contributed by atoms with Crippen LogP contribution in [0.3, 0.4) is 0 Å². The molecule has 0 aliphatic carbocycles. The summed E-state index contributed by atoms with van der Waals surface area (Å²) in [6.45, 7) is 0. The lowest BCUT2D eigenvalue weighted by molar-refractivity contribution is 1.23. The SMILES string of the molecule is c1cncc(-c2csc3cncnc23)c1. The number of rotatable bonds is 1. The predicted octanol–water partition coefficient (Wildman–Crippen LogP) is 2.75. The summed E-state index contributed by atoms with van der Waals surface area (Å²) >= 11 is 1.66. The molecule has 0 aliphatic heterocycles. The Balaban J connectivity index is 2.28. The van der Waals surface area contributed by atoms with Crippen molar-refractivity contribution in [2.75, 3.05) is 0 Å². The second kappa shape index (κ2) is 3.40. The Kier molecular flexibility index (Phi) is 1.93. The molecule has 3 aromatic heterocycles. The summed E-state index contributed by atoms with van der Waals surface area (Å²) in [5, 5.41) is 2.09. The fourth-order valence-electron chi connectivity index (χ4n) is 1.51. The van der Waals surface area contributed by atoms with Gasteiger partial charge in [-0.25, -0.2) is 9.97 Å². The first kappa shape index (κ1) is 8.49. The molecule has 4 heteroatoms. The molecular formula is C11H7N3S. The highest BCUT2D eigenvalue weighted by atomic mass is 32.1. The highest BCUT2D eigenvalue weighted by Gasteiger charge is 2.06. The molecule has 0 amide bonds. The lowest BCUT2D eigenvalue weighted by Crippen LogP contribution is -1.80. The summed E-state index contributed by atoms with van der Waals surface area (Å²) in [7, 11) is 0. The van der Waals surface area contributed by atoms with E-state index in [4.69, 9.17) is 0 Å². The summed E-state index contributed by atoms with van der Waals surface area (Å²) in [5.41, 5.74) is 3.23. The van der Waals surface area contributed by atoms with Crippen LogP contribution in [0.2, 0.25) is 0 Å². The fraction of sp³-hybridized carbons (Fsp3) is 0. The highest BCUT2D eigenvalue weighted by molar-refractivity contribution is 7.17. The van der Waals surface area contributed by atoms with Crippen molar-refractivity contribution in [1.29, 1.82) is 0 Å². The molecule has 0 saturated heterocycles. The van der Waals surface area contributed by atoms with E-state index in [1.54, 1.807) is 23.9 Å². The Morgan fingerprint density at radius 1 is 1.13 bits per heavy atom. The minimum Gasteiger partial charge on any atom is -0.264 e. The number of thiophene rings is 1. The zero-order valence-corrected chi connectivity index (χ0v) is 8.61. The van der Waals surface area contributed by atoms with E-state index in [1.165, 1.54) is 0 Å². The van der Waals surface area contributed by atoms with E-state index < -0.39 is 0 Å². The third kappa shape index (κ3) is 1.39. The van der Waals surface area contributed by atoms with Crippen LogP contribution in [0.15, 0.2) is 42.4 Å². The molecule has 0 fully saturated rings. The van der Waals surface area contributed by atoms with Gasteiger partial charge in [0, 0.05) is 35.1 Å². The van der Waals surface area contributed by atoms with Gasteiger partial charge < -0.3 is 0 Å². The van der Waals surface area contributed by atoms with Crippen LogP contribution in [-0.2, 0) is 0 Å². The van der Waals surface area contributed by atoms with Gasteiger partial charge in [-0.2, -0.15) is 0 Å². The van der Waals surface area contributed by atoms with Gasteiger partial charge in [-0.05, 0) is 6.07 Å². The zero-order valence-electron chi connectivity index (χ0n) is 7.79. The van der Waals surface area contributed by atoms with E-state index in [0.29, 0.717) is 0 Å². The van der Waals surface area contributed by atoms with Crippen molar-refractivity contribution < 1.29 is 0 Å². The molecule has 0 saturated carbocycles. The molecule has 0 aliphatic rings. The second-order valence-corrected chi connectivity index (χ2v) is 4.04. The van der Waals surface area contributed by atoms with Crippen LogP contribution in [-0.4, -0.2) is 15.0 Å². The molecule has 3 heterocycles. The first-order valence-electron chi connectivity index (χ1n) is 4.53. The maximum atomic E-state index is 4.29. The van der Waals surface area contributed by atoms with Crippen LogP contribution in [0.4, 0.5) is 0 Å². The summed E-state index contributed by atoms with van der Waals surface area (Å²) in [6.07, 6.45) is 7.04. The molecule has 0 aromatic carbocycles. The van der Waals surface area contributed by atoms with Crippen molar-refractivity contribution in [1.82, 2.24) is 15.0 Å². The number of nitrogens with zero attached hydrogens (tertiary/aromatic N) is 3. The van der Waals surface area contributed by atoms with Crippen LogP contribution in [0.25, 0.3) is 21.3 Å². The van der Waals surface area contributed by atoms with Crippen LogP contribution in [0.5, 0.6) is 0 Å². The van der Waals surface area contributed by atoms with Crippen LogP contribution in [0, 0.1) is 0 Å². The van der Waals surface area contributed by atoms with Gasteiger partial charge in [-0.15, -0.1) is 11.3 Å². The van der Waals surface area contributed by atoms with Crippen molar-refractivity contribution in [3.63, 3.8) is 0 Å². The Hall–Kier alpha value is -1.81. The van der Waals surface area contributed by atoms with E-state index in [1.807, 2.05) is 24.5 Å². The normalized spacial score (nSPS) is 10.7. The Morgan fingerprint density at radius 2 is 2.13 bits per heavy atom. The maximum Gasteiger partial charge on any atom is 0.116 e.